The van der Waals surface area contributed by atoms with Crippen molar-refractivity contribution in [2.45, 2.75) is 38.3 Å². The summed E-state index contributed by atoms with van der Waals surface area (Å²) >= 11 is 0. The van der Waals surface area contributed by atoms with Crippen LogP contribution in [0.2, 0.25) is 0 Å². The standard InChI is InChI=1S/C11H17FO2/c1-8(11(13)14-2)10(12)9-6-4-3-5-7-9/h9-10H,1,3-7H2,2H3/t10-/m0/s1. The van der Waals surface area contributed by atoms with Gasteiger partial charge in [0.15, 0.2) is 0 Å². The predicted octanol–water partition coefficient (Wildman–Crippen LogP) is 2.63. The summed E-state index contributed by atoms with van der Waals surface area (Å²) in [7, 11) is 1.25. The van der Waals surface area contributed by atoms with Gasteiger partial charge in [0.25, 0.3) is 0 Å². The van der Waals surface area contributed by atoms with Crippen LogP contribution in [0.15, 0.2) is 12.2 Å². The lowest BCUT2D eigenvalue weighted by Crippen LogP contribution is -2.25. The first kappa shape index (κ1) is 11.2. The molecule has 0 N–H and O–H groups in total. The average molecular weight is 200 g/mol. The molecule has 1 aliphatic carbocycles. The summed E-state index contributed by atoms with van der Waals surface area (Å²) in [6.07, 6.45) is 3.78. The second-order valence-electron chi connectivity index (χ2n) is 3.82. The quantitative estimate of drug-likeness (QED) is 0.517. The minimum Gasteiger partial charge on any atom is -0.466 e. The van der Waals surface area contributed by atoms with Crippen LogP contribution in [-0.4, -0.2) is 19.3 Å². The predicted molar refractivity (Wildman–Crippen MR) is 52.6 cm³/mol. The van der Waals surface area contributed by atoms with Crippen LogP contribution in [0.25, 0.3) is 0 Å². The number of halogens is 1. The van der Waals surface area contributed by atoms with Gasteiger partial charge < -0.3 is 4.74 Å². The minimum absolute atomic E-state index is 0.0283. The second kappa shape index (κ2) is 5.13. The number of alkyl halides is 1. The molecule has 0 radical (unpaired) electrons. The van der Waals surface area contributed by atoms with Gasteiger partial charge in [-0.05, 0) is 18.8 Å². The number of ether oxygens (including phenoxy) is 1. The first-order chi connectivity index (χ1) is 6.66. The Balaban J connectivity index is 2.50. The van der Waals surface area contributed by atoms with Crippen molar-refractivity contribution in [2.24, 2.45) is 5.92 Å². The van der Waals surface area contributed by atoms with Crippen LogP contribution in [0, 0.1) is 5.92 Å². The lowest BCUT2D eigenvalue weighted by molar-refractivity contribution is -0.137. The molecular weight excluding hydrogens is 183 g/mol. The maximum Gasteiger partial charge on any atom is 0.336 e. The lowest BCUT2D eigenvalue weighted by Gasteiger charge is -2.25. The van der Waals surface area contributed by atoms with Crippen LogP contribution >= 0.6 is 0 Å². The Hall–Kier alpha value is -0.860. The van der Waals surface area contributed by atoms with Gasteiger partial charge in [0.2, 0.25) is 0 Å². The number of carbonyl (C=O) groups excluding carboxylic acids is 1. The molecule has 0 unspecified atom stereocenters. The van der Waals surface area contributed by atoms with Gasteiger partial charge in [-0.15, -0.1) is 0 Å². The molecule has 0 amide bonds. The van der Waals surface area contributed by atoms with Crippen LogP contribution in [0.4, 0.5) is 4.39 Å². The van der Waals surface area contributed by atoms with Crippen molar-refractivity contribution < 1.29 is 13.9 Å². The van der Waals surface area contributed by atoms with Gasteiger partial charge in [0, 0.05) is 0 Å². The molecule has 0 heterocycles. The largest absolute Gasteiger partial charge is 0.466 e. The van der Waals surface area contributed by atoms with E-state index in [1.165, 1.54) is 13.5 Å². The maximum absolute atomic E-state index is 13.7. The molecule has 3 heteroatoms. The average Bonchev–Trinajstić information content (AvgIpc) is 2.27. The molecule has 0 aromatic heterocycles. The minimum atomic E-state index is -1.22. The summed E-state index contributed by atoms with van der Waals surface area (Å²) in [6.45, 7) is 3.45. The van der Waals surface area contributed by atoms with Crippen molar-refractivity contribution in [3.8, 4) is 0 Å². The van der Waals surface area contributed by atoms with Gasteiger partial charge >= 0.3 is 5.97 Å². The van der Waals surface area contributed by atoms with Crippen molar-refractivity contribution in [1.82, 2.24) is 0 Å². The highest BCUT2D eigenvalue weighted by Crippen LogP contribution is 2.31. The molecule has 80 valence electrons. The van der Waals surface area contributed by atoms with Crippen molar-refractivity contribution in [1.29, 1.82) is 0 Å². The van der Waals surface area contributed by atoms with Crippen molar-refractivity contribution >= 4 is 5.97 Å². The van der Waals surface area contributed by atoms with Gasteiger partial charge in [-0.3, -0.25) is 0 Å². The summed E-state index contributed by atoms with van der Waals surface area (Å²) in [4.78, 5) is 11.0. The van der Waals surface area contributed by atoms with E-state index in [1.807, 2.05) is 0 Å². The van der Waals surface area contributed by atoms with E-state index in [-0.39, 0.29) is 11.5 Å². The third kappa shape index (κ3) is 2.56. The van der Waals surface area contributed by atoms with Gasteiger partial charge in [-0.1, -0.05) is 25.8 Å². The third-order valence-corrected chi connectivity index (χ3v) is 2.84. The monoisotopic (exact) mass is 200 g/mol. The van der Waals surface area contributed by atoms with E-state index in [4.69, 9.17) is 0 Å². The normalized spacial score (nSPS) is 20.1. The smallest absolute Gasteiger partial charge is 0.336 e. The van der Waals surface area contributed by atoms with E-state index in [0.29, 0.717) is 0 Å². The summed E-state index contributed by atoms with van der Waals surface area (Å²) in [5.41, 5.74) is -0.0283. The zero-order valence-electron chi connectivity index (χ0n) is 8.59. The summed E-state index contributed by atoms with van der Waals surface area (Å²) < 4.78 is 18.2. The molecule has 1 fully saturated rings. The molecule has 0 bridgehead atoms. The molecular formula is C11H17FO2. The SMILES string of the molecule is C=C(C(=O)OC)[C@H](F)C1CCCCC1. The molecule has 0 spiro atoms. The second-order valence-corrected chi connectivity index (χ2v) is 3.82. The van der Waals surface area contributed by atoms with Gasteiger partial charge in [-0.25, -0.2) is 9.18 Å². The molecule has 1 rings (SSSR count). The fourth-order valence-corrected chi connectivity index (χ4v) is 1.96. The van der Waals surface area contributed by atoms with Crippen molar-refractivity contribution in [2.75, 3.05) is 7.11 Å². The third-order valence-electron chi connectivity index (χ3n) is 2.84. The Kier molecular flexibility index (Phi) is 4.11. The van der Waals surface area contributed by atoms with Gasteiger partial charge in [-0.2, -0.15) is 0 Å². The molecule has 1 atom stereocenters. The molecule has 1 aliphatic rings. The first-order valence-electron chi connectivity index (χ1n) is 5.08. The van der Waals surface area contributed by atoms with Gasteiger partial charge in [0.05, 0.1) is 12.7 Å². The fourth-order valence-electron chi connectivity index (χ4n) is 1.96. The van der Waals surface area contributed by atoms with E-state index in [1.54, 1.807) is 0 Å². The molecule has 2 nitrogen and oxygen atoms in total. The molecule has 0 saturated heterocycles. The molecule has 0 aliphatic heterocycles. The molecule has 1 saturated carbocycles. The number of rotatable bonds is 3. The number of hydrogen-bond acceptors (Lipinski definition) is 2. The first-order valence-corrected chi connectivity index (χ1v) is 5.08. The van der Waals surface area contributed by atoms with E-state index >= 15 is 0 Å². The Morgan fingerprint density at radius 1 is 1.43 bits per heavy atom. The van der Waals surface area contributed by atoms with Crippen LogP contribution in [0.3, 0.4) is 0 Å². The Bertz CT molecular complexity index is 219. The zero-order chi connectivity index (χ0) is 10.6. The van der Waals surface area contributed by atoms with Crippen LogP contribution < -0.4 is 0 Å². The summed E-state index contributed by atoms with van der Waals surface area (Å²) in [5, 5.41) is 0. The molecule has 0 aromatic carbocycles. The van der Waals surface area contributed by atoms with E-state index < -0.39 is 12.1 Å². The summed E-state index contributed by atoms with van der Waals surface area (Å²) in [6, 6.07) is 0. The van der Waals surface area contributed by atoms with Crippen LogP contribution in [0.1, 0.15) is 32.1 Å². The highest BCUT2D eigenvalue weighted by Gasteiger charge is 2.28. The van der Waals surface area contributed by atoms with E-state index in [2.05, 4.69) is 11.3 Å². The Morgan fingerprint density at radius 2 is 2.00 bits per heavy atom. The van der Waals surface area contributed by atoms with E-state index in [9.17, 15) is 9.18 Å². The Labute approximate surface area is 84.1 Å². The lowest BCUT2D eigenvalue weighted by atomic mass is 9.83. The Morgan fingerprint density at radius 3 is 2.50 bits per heavy atom. The fraction of sp³-hybridized carbons (Fsp3) is 0.727. The highest BCUT2D eigenvalue weighted by molar-refractivity contribution is 5.88. The maximum atomic E-state index is 13.7. The van der Waals surface area contributed by atoms with Crippen LogP contribution in [-0.2, 0) is 9.53 Å². The molecule has 0 aromatic rings. The van der Waals surface area contributed by atoms with Gasteiger partial charge in [0.1, 0.15) is 6.17 Å². The number of hydrogen-bond donors (Lipinski definition) is 0. The van der Waals surface area contributed by atoms with Crippen LogP contribution in [0.5, 0.6) is 0 Å². The number of methoxy groups -OCH3 is 1. The number of esters is 1. The van der Waals surface area contributed by atoms with Crippen molar-refractivity contribution in [3.05, 3.63) is 12.2 Å². The number of carbonyl (C=O) groups is 1. The highest BCUT2D eigenvalue weighted by atomic mass is 19.1. The zero-order valence-corrected chi connectivity index (χ0v) is 8.59. The summed E-state index contributed by atoms with van der Waals surface area (Å²) in [5.74, 6) is -0.654. The topological polar surface area (TPSA) is 26.3 Å². The van der Waals surface area contributed by atoms with E-state index in [0.717, 1.165) is 25.7 Å². The van der Waals surface area contributed by atoms with Crippen molar-refractivity contribution in [3.63, 3.8) is 0 Å². The molecule has 14 heavy (non-hydrogen) atoms.